The standard InChI is InChI=1S/C28H34N2O2S/c1-4-24-19-25(28(33-24)29-27(31)22-9-7-6-8-10-22)26(30-17-15-20(3)16-18-30)21-11-13-23(14-12-21)32-5-2/h6-14,19-20,26H,4-5,15-18H2,1-3H3,(H,29,31)/p+1/t26-/m1/s1. The average molecular weight is 464 g/mol. The Morgan fingerprint density at radius 1 is 1.09 bits per heavy atom. The zero-order valence-electron chi connectivity index (χ0n) is 19.9. The van der Waals surface area contributed by atoms with Crippen molar-refractivity contribution >= 4 is 22.2 Å². The summed E-state index contributed by atoms with van der Waals surface area (Å²) in [6.07, 6.45) is 3.43. The number of benzene rings is 2. The monoisotopic (exact) mass is 463 g/mol. The van der Waals surface area contributed by atoms with E-state index in [9.17, 15) is 4.79 Å². The molecule has 0 spiro atoms. The Hall–Kier alpha value is -2.63. The van der Waals surface area contributed by atoms with Crippen LogP contribution in [0.2, 0.25) is 0 Å². The summed E-state index contributed by atoms with van der Waals surface area (Å²) in [5.41, 5.74) is 3.19. The van der Waals surface area contributed by atoms with Crippen LogP contribution in [-0.4, -0.2) is 25.6 Å². The van der Waals surface area contributed by atoms with E-state index in [0.717, 1.165) is 36.2 Å². The fourth-order valence-corrected chi connectivity index (χ4v) is 5.72. The molecule has 1 saturated heterocycles. The van der Waals surface area contributed by atoms with E-state index in [1.54, 1.807) is 16.2 Å². The fourth-order valence-electron chi connectivity index (χ4n) is 4.69. The molecule has 5 heteroatoms. The molecule has 2 aromatic carbocycles. The van der Waals surface area contributed by atoms with E-state index < -0.39 is 0 Å². The van der Waals surface area contributed by atoms with Crippen LogP contribution in [0, 0.1) is 5.92 Å². The van der Waals surface area contributed by atoms with Gasteiger partial charge in [0.25, 0.3) is 5.91 Å². The second-order valence-corrected chi connectivity index (χ2v) is 10.1. The van der Waals surface area contributed by atoms with E-state index in [0.29, 0.717) is 12.2 Å². The number of likely N-dealkylation sites (tertiary alicyclic amines) is 1. The Labute approximate surface area is 201 Å². The van der Waals surface area contributed by atoms with Gasteiger partial charge < -0.3 is 15.0 Å². The molecule has 33 heavy (non-hydrogen) atoms. The molecule has 1 aliphatic heterocycles. The number of anilines is 1. The Morgan fingerprint density at radius 2 is 1.79 bits per heavy atom. The SMILES string of the molecule is CCOc1ccc([C@H](c2cc(CC)sc2NC(=O)c2ccccc2)[NH+]2CCC(C)CC2)cc1. The van der Waals surface area contributed by atoms with E-state index >= 15 is 0 Å². The van der Waals surface area contributed by atoms with Crippen molar-refractivity contribution in [3.63, 3.8) is 0 Å². The Bertz CT molecular complexity index is 1040. The number of ether oxygens (including phenoxy) is 1. The lowest BCUT2D eigenvalue weighted by Crippen LogP contribution is -3.13. The van der Waals surface area contributed by atoms with Crippen LogP contribution in [0.15, 0.2) is 60.7 Å². The first kappa shape index (κ1) is 23.5. The highest BCUT2D eigenvalue weighted by atomic mass is 32.1. The summed E-state index contributed by atoms with van der Waals surface area (Å²) in [5, 5.41) is 4.23. The topological polar surface area (TPSA) is 42.8 Å². The molecule has 1 aliphatic rings. The van der Waals surface area contributed by atoms with Gasteiger partial charge in [0.15, 0.2) is 0 Å². The van der Waals surface area contributed by atoms with E-state index in [2.05, 4.69) is 49.5 Å². The van der Waals surface area contributed by atoms with Crippen molar-refractivity contribution < 1.29 is 14.4 Å². The maximum atomic E-state index is 13.0. The number of nitrogens with one attached hydrogen (secondary N) is 2. The number of thiophene rings is 1. The van der Waals surface area contributed by atoms with Gasteiger partial charge in [-0.15, -0.1) is 11.3 Å². The van der Waals surface area contributed by atoms with Crippen molar-refractivity contribution in [1.29, 1.82) is 0 Å². The summed E-state index contributed by atoms with van der Waals surface area (Å²) in [6, 6.07) is 20.5. The molecule has 1 amide bonds. The molecule has 2 N–H and O–H groups in total. The van der Waals surface area contributed by atoms with Gasteiger partial charge in [0.05, 0.1) is 19.7 Å². The molecule has 4 rings (SSSR count). The van der Waals surface area contributed by atoms with Crippen LogP contribution < -0.4 is 15.0 Å². The van der Waals surface area contributed by atoms with Crippen LogP contribution >= 0.6 is 11.3 Å². The normalized spacial score (nSPS) is 19.1. The summed E-state index contributed by atoms with van der Waals surface area (Å²) in [5.74, 6) is 1.63. The first-order valence-electron chi connectivity index (χ1n) is 12.1. The lowest BCUT2D eigenvalue weighted by molar-refractivity contribution is -0.931. The summed E-state index contributed by atoms with van der Waals surface area (Å²) in [4.78, 5) is 15.9. The molecule has 0 aliphatic carbocycles. The molecule has 1 aromatic heterocycles. The quantitative estimate of drug-likeness (QED) is 0.472. The predicted molar refractivity (Wildman–Crippen MR) is 137 cm³/mol. The highest BCUT2D eigenvalue weighted by molar-refractivity contribution is 7.16. The van der Waals surface area contributed by atoms with Gasteiger partial charge in [-0.2, -0.15) is 0 Å². The number of quaternary nitrogens is 1. The first-order chi connectivity index (χ1) is 16.1. The fraction of sp³-hybridized carbons (Fsp3) is 0.393. The molecule has 174 valence electrons. The molecule has 0 unspecified atom stereocenters. The van der Waals surface area contributed by atoms with E-state index in [1.165, 1.54) is 28.8 Å². The molecular formula is C28H35N2O2S+. The van der Waals surface area contributed by atoms with Gasteiger partial charge in [-0.1, -0.05) is 32.0 Å². The smallest absolute Gasteiger partial charge is 0.256 e. The number of hydrogen-bond donors (Lipinski definition) is 2. The lowest BCUT2D eigenvalue weighted by atomic mass is 9.92. The maximum absolute atomic E-state index is 13.0. The van der Waals surface area contributed by atoms with Crippen LogP contribution in [0.4, 0.5) is 5.00 Å². The third-order valence-electron chi connectivity index (χ3n) is 6.58. The van der Waals surface area contributed by atoms with E-state index in [1.807, 2.05) is 37.3 Å². The molecule has 0 saturated carbocycles. The second-order valence-electron chi connectivity index (χ2n) is 8.95. The van der Waals surface area contributed by atoms with Gasteiger partial charge in [-0.05, 0) is 74.6 Å². The first-order valence-corrected chi connectivity index (χ1v) is 13.0. The molecule has 1 fully saturated rings. The van der Waals surface area contributed by atoms with Crippen LogP contribution in [0.5, 0.6) is 5.75 Å². The van der Waals surface area contributed by atoms with Crippen molar-refractivity contribution in [3.8, 4) is 5.75 Å². The number of carbonyl (C=O) groups is 1. The highest BCUT2D eigenvalue weighted by Gasteiger charge is 2.33. The number of amides is 1. The van der Waals surface area contributed by atoms with Gasteiger partial charge in [-0.25, -0.2) is 0 Å². The van der Waals surface area contributed by atoms with Gasteiger partial charge in [-0.3, -0.25) is 4.79 Å². The van der Waals surface area contributed by atoms with Crippen molar-refractivity contribution in [3.05, 3.63) is 82.2 Å². The molecule has 4 nitrogen and oxygen atoms in total. The zero-order chi connectivity index (χ0) is 23.2. The van der Waals surface area contributed by atoms with Gasteiger partial charge in [0.1, 0.15) is 16.8 Å². The molecule has 0 bridgehead atoms. The van der Waals surface area contributed by atoms with E-state index in [-0.39, 0.29) is 11.9 Å². The van der Waals surface area contributed by atoms with Crippen LogP contribution in [0.1, 0.15) is 66.0 Å². The minimum absolute atomic E-state index is 0.0472. The Kier molecular flexibility index (Phi) is 7.84. The van der Waals surface area contributed by atoms with Crippen LogP contribution in [0.25, 0.3) is 0 Å². The third kappa shape index (κ3) is 5.66. The van der Waals surface area contributed by atoms with Crippen molar-refractivity contribution in [1.82, 2.24) is 0 Å². The van der Waals surface area contributed by atoms with Gasteiger partial charge >= 0.3 is 0 Å². The number of aryl methyl sites for hydroxylation is 1. The summed E-state index contributed by atoms with van der Waals surface area (Å²) in [7, 11) is 0. The van der Waals surface area contributed by atoms with E-state index in [4.69, 9.17) is 4.74 Å². The maximum Gasteiger partial charge on any atom is 0.256 e. The van der Waals surface area contributed by atoms with Crippen molar-refractivity contribution in [2.24, 2.45) is 5.92 Å². The molecule has 1 atom stereocenters. The number of carbonyl (C=O) groups excluding carboxylic acids is 1. The van der Waals surface area contributed by atoms with Gasteiger partial charge in [0.2, 0.25) is 0 Å². The lowest BCUT2D eigenvalue weighted by Gasteiger charge is -2.34. The molecule has 2 heterocycles. The van der Waals surface area contributed by atoms with Crippen molar-refractivity contribution in [2.75, 3.05) is 25.0 Å². The molecular weight excluding hydrogens is 428 g/mol. The number of rotatable bonds is 8. The second kappa shape index (κ2) is 11.0. The van der Waals surface area contributed by atoms with Crippen molar-refractivity contribution in [2.45, 2.75) is 46.1 Å². The van der Waals surface area contributed by atoms with Crippen LogP contribution in [0.3, 0.4) is 0 Å². The Balaban J connectivity index is 1.71. The Morgan fingerprint density at radius 3 is 2.42 bits per heavy atom. The minimum Gasteiger partial charge on any atom is -0.494 e. The summed E-state index contributed by atoms with van der Waals surface area (Å²) >= 11 is 1.71. The number of piperidine rings is 1. The highest BCUT2D eigenvalue weighted by Crippen LogP contribution is 2.36. The predicted octanol–water partition coefficient (Wildman–Crippen LogP) is 5.37. The van der Waals surface area contributed by atoms with Gasteiger partial charge in [0, 0.05) is 21.6 Å². The largest absolute Gasteiger partial charge is 0.494 e. The third-order valence-corrected chi connectivity index (χ3v) is 7.79. The number of hydrogen-bond acceptors (Lipinski definition) is 3. The minimum atomic E-state index is -0.0472. The van der Waals surface area contributed by atoms with Crippen LogP contribution in [-0.2, 0) is 6.42 Å². The molecule has 0 radical (unpaired) electrons. The summed E-state index contributed by atoms with van der Waals surface area (Å²) < 4.78 is 5.69. The average Bonchev–Trinajstić information content (AvgIpc) is 3.24. The summed E-state index contributed by atoms with van der Waals surface area (Å²) in [6.45, 7) is 9.49. The molecule has 3 aromatic rings. The zero-order valence-corrected chi connectivity index (χ0v) is 20.7.